The normalized spacial score (nSPS) is 10.4. The highest BCUT2D eigenvalue weighted by atomic mass is 32.1. The van der Waals surface area contributed by atoms with Crippen LogP contribution in [-0.4, -0.2) is 40.5 Å². The summed E-state index contributed by atoms with van der Waals surface area (Å²) in [7, 11) is 1.60. The molecule has 0 saturated heterocycles. The first-order valence-electron chi connectivity index (χ1n) is 5.76. The second-order valence-electron chi connectivity index (χ2n) is 3.91. The van der Waals surface area contributed by atoms with E-state index < -0.39 is 5.97 Å². The smallest absolute Gasteiger partial charge is 0.345 e. The van der Waals surface area contributed by atoms with Gasteiger partial charge < -0.3 is 15.2 Å². The SMILES string of the molecule is COCCn1cc(NC(=O)c2ccc(C(=O)O)s2)cn1. The van der Waals surface area contributed by atoms with Crippen LogP contribution in [0.25, 0.3) is 0 Å². The van der Waals surface area contributed by atoms with E-state index in [0.717, 1.165) is 11.3 Å². The van der Waals surface area contributed by atoms with Crippen LogP contribution < -0.4 is 5.32 Å². The molecule has 106 valence electrons. The lowest BCUT2D eigenvalue weighted by Gasteiger charge is -2.00. The summed E-state index contributed by atoms with van der Waals surface area (Å²) in [6.07, 6.45) is 3.21. The first kappa shape index (κ1) is 14.2. The molecule has 2 N–H and O–H groups in total. The minimum Gasteiger partial charge on any atom is -0.477 e. The van der Waals surface area contributed by atoms with Crippen LogP contribution >= 0.6 is 11.3 Å². The fourth-order valence-corrected chi connectivity index (χ4v) is 2.24. The third-order valence-corrected chi connectivity index (χ3v) is 3.53. The molecule has 8 heteroatoms. The zero-order valence-electron chi connectivity index (χ0n) is 10.7. The van der Waals surface area contributed by atoms with Gasteiger partial charge in [0.2, 0.25) is 0 Å². The topological polar surface area (TPSA) is 93.5 Å². The van der Waals surface area contributed by atoms with Crippen molar-refractivity contribution in [1.29, 1.82) is 0 Å². The fourth-order valence-electron chi connectivity index (χ4n) is 1.50. The Hall–Kier alpha value is -2.19. The van der Waals surface area contributed by atoms with Crippen LogP contribution in [0, 0.1) is 0 Å². The summed E-state index contributed by atoms with van der Waals surface area (Å²) in [5, 5.41) is 15.5. The van der Waals surface area contributed by atoms with Gasteiger partial charge in [0.15, 0.2) is 0 Å². The zero-order valence-corrected chi connectivity index (χ0v) is 11.5. The predicted molar refractivity (Wildman–Crippen MR) is 73.3 cm³/mol. The van der Waals surface area contributed by atoms with E-state index in [1.165, 1.54) is 18.3 Å². The molecule has 0 unspecified atom stereocenters. The Balaban J connectivity index is 1.99. The molecular weight excluding hydrogens is 282 g/mol. The first-order chi connectivity index (χ1) is 9.60. The van der Waals surface area contributed by atoms with Gasteiger partial charge in [-0.05, 0) is 12.1 Å². The molecule has 0 aromatic carbocycles. The quantitative estimate of drug-likeness (QED) is 0.843. The number of nitrogens with one attached hydrogen (secondary N) is 1. The number of nitrogens with zero attached hydrogens (tertiary/aromatic N) is 2. The van der Waals surface area contributed by atoms with Crippen molar-refractivity contribution in [2.75, 3.05) is 19.0 Å². The van der Waals surface area contributed by atoms with E-state index in [9.17, 15) is 9.59 Å². The van der Waals surface area contributed by atoms with Crippen molar-refractivity contribution in [2.45, 2.75) is 6.54 Å². The molecular formula is C12H13N3O4S. The molecule has 0 radical (unpaired) electrons. The van der Waals surface area contributed by atoms with Gasteiger partial charge >= 0.3 is 5.97 Å². The van der Waals surface area contributed by atoms with Gasteiger partial charge in [0, 0.05) is 13.3 Å². The molecule has 7 nitrogen and oxygen atoms in total. The monoisotopic (exact) mass is 295 g/mol. The van der Waals surface area contributed by atoms with Crippen molar-refractivity contribution >= 4 is 28.9 Å². The van der Waals surface area contributed by atoms with Gasteiger partial charge in [0.1, 0.15) is 4.88 Å². The summed E-state index contributed by atoms with van der Waals surface area (Å²) >= 11 is 0.930. The maximum atomic E-state index is 11.9. The number of carboxylic acids is 1. The standard InChI is InChI=1S/C12H13N3O4S/c1-19-5-4-15-7-8(6-13-15)14-11(16)9-2-3-10(20-9)12(17)18/h2-3,6-7H,4-5H2,1H3,(H,14,16)(H,17,18). The van der Waals surface area contributed by atoms with Gasteiger partial charge in [-0.25, -0.2) is 4.79 Å². The van der Waals surface area contributed by atoms with Crippen LogP contribution in [0.1, 0.15) is 19.3 Å². The number of amides is 1. The summed E-state index contributed by atoms with van der Waals surface area (Å²) in [4.78, 5) is 23.1. The van der Waals surface area contributed by atoms with Crippen LogP contribution in [0.3, 0.4) is 0 Å². The van der Waals surface area contributed by atoms with E-state index in [1.54, 1.807) is 18.0 Å². The average molecular weight is 295 g/mol. The number of aromatic nitrogens is 2. The number of carbonyl (C=O) groups is 2. The van der Waals surface area contributed by atoms with Crippen molar-refractivity contribution in [3.05, 3.63) is 34.3 Å². The largest absolute Gasteiger partial charge is 0.477 e. The Morgan fingerprint density at radius 1 is 1.45 bits per heavy atom. The molecule has 0 fully saturated rings. The fraction of sp³-hybridized carbons (Fsp3) is 0.250. The molecule has 0 atom stereocenters. The van der Waals surface area contributed by atoms with Crippen molar-refractivity contribution in [3.8, 4) is 0 Å². The molecule has 0 aliphatic rings. The van der Waals surface area contributed by atoms with E-state index in [2.05, 4.69) is 10.4 Å². The van der Waals surface area contributed by atoms with Gasteiger partial charge in [-0.3, -0.25) is 9.48 Å². The predicted octanol–water partition coefficient (Wildman–Crippen LogP) is 1.54. The number of ether oxygens (including phenoxy) is 1. The minimum atomic E-state index is -1.04. The van der Waals surface area contributed by atoms with Gasteiger partial charge in [-0.1, -0.05) is 0 Å². The number of carboxylic acid groups (broad SMARTS) is 1. The minimum absolute atomic E-state index is 0.130. The van der Waals surface area contributed by atoms with E-state index in [4.69, 9.17) is 9.84 Å². The van der Waals surface area contributed by atoms with Crippen LogP contribution in [-0.2, 0) is 11.3 Å². The summed E-state index contributed by atoms with van der Waals surface area (Å²) in [6.45, 7) is 1.12. The Morgan fingerprint density at radius 2 is 2.20 bits per heavy atom. The molecule has 2 aromatic rings. The van der Waals surface area contributed by atoms with Crippen LogP contribution in [0.2, 0.25) is 0 Å². The number of aromatic carboxylic acids is 1. The third kappa shape index (κ3) is 3.43. The number of anilines is 1. The number of hydrogen-bond acceptors (Lipinski definition) is 5. The van der Waals surface area contributed by atoms with E-state index in [0.29, 0.717) is 23.7 Å². The van der Waals surface area contributed by atoms with E-state index in [1.807, 2.05) is 0 Å². The molecule has 0 bridgehead atoms. The summed E-state index contributed by atoms with van der Waals surface area (Å²) < 4.78 is 6.58. The Labute approximate surface area is 118 Å². The van der Waals surface area contributed by atoms with Crippen LogP contribution in [0.4, 0.5) is 5.69 Å². The van der Waals surface area contributed by atoms with Crippen molar-refractivity contribution in [2.24, 2.45) is 0 Å². The molecule has 0 saturated carbocycles. The molecule has 2 aromatic heterocycles. The summed E-state index contributed by atoms with van der Waals surface area (Å²) in [5.41, 5.74) is 0.552. The van der Waals surface area contributed by atoms with E-state index >= 15 is 0 Å². The van der Waals surface area contributed by atoms with E-state index in [-0.39, 0.29) is 10.8 Å². The van der Waals surface area contributed by atoms with Crippen LogP contribution in [0.5, 0.6) is 0 Å². The lowest BCUT2D eigenvalue weighted by Crippen LogP contribution is -2.09. The van der Waals surface area contributed by atoms with Gasteiger partial charge in [-0.15, -0.1) is 11.3 Å². The van der Waals surface area contributed by atoms with Gasteiger partial charge in [0.05, 0.1) is 29.9 Å². The van der Waals surface area contributed by atoms with Gasteiger partial charge in [-0.2, -0.15) is 5.10 Å². The highest BCUT2D eigenvalue weighted by Crippen LogP contribution is 2.18. The van der Waals surface area contributed by atoms with Crippen molar-refractivity contribution in [1.82, 2.24) is 9.78 Å². The third-order valence-electron chi connectivity index (χ3n) is 2.46. The lowest BCUT2D eigenvalue weighted by atomic mass is 10.4. The highest BCUT2D eigenvalue weighted by molar-refractivity contribution is 7.15. The van der Waals surface area contributed by atoms with Gasteiger partial charge in [0.25, 0.3) is 5.91 Å². The maximum Gasteiger partial charge on any atom is 0.345 e. The molecule has 0 aliphatic heterocycles. The van der Waals surface area contributed by atoms with Crippen molar-refractivity contribution < 1.29 is 19.4 Å². The zero-order chi connectivity index (χ0) is 14.5. The molecule has 2 heterocycles. The summed E-state index contributed by atoms with van der Waals surface area (Å²) in [6, 6.07) is 2.89. The average Bonchev–Trinajstić information content (AvgIpc) is 3.05. The second-order valence-corrected chi connectivity index (χ2v) is 4.99. The number of rotatable bonds is 6. The first-order valence-corrected chi connectivity index (χ1v) is 6.57. The maximum absolute atomic E-state index is 11.9. The lowest BCUT2D eigenvalue weighted by molar-refractivity contribution is 0.0702. The van der Waals surface area contributed by atoms with Crippen molar-refractivity contribution in [3.63, 3.8) is 0 Å². The molecule has 2 rings (SSSR count). The second kappa shape index (κ2) is 6.31. The Kier molecular flexibility index (Phi) is 4.49. The molecule has 0 spiro atoms. The number of thiophene rings is 1. The molecule has 1 amide bonds. The molecule has 0 aliphatic carbocycles. The number of hydrogen-bond donors (Lipinski definition) is 2. The Bertz CT molecular complexity index is 620. The molecule has 20 heavy (non-hydrogen) atoms. The highest BCUT2D eigenvalue weighted by Gasteiger charge is 2.13. The summed E-state index contributed by atoms with van der Waals surface area (Å²) in [5.74, 6) is -1.39. The van der Waals surface area contributed by atoms with Crippen LogP contribution in [0.15, 0.2) is 24.5 Å². The Morgan fingerprint density at radius 3 is 2.85 bits per heavy atom. The number of methoxy groups -OCH3 is 1. The number of carbonyl (C=O) groups excluding carboxylic acids is 1.